The van der Waals surface area contributed by atoms with E-state index in [0.29, 0.717) is 28.5 Å². The van der Waals surface area contributed by atoms with E-state index in [2.05, 4.69) is 15.3 Å². The summed E-state index contributed by atoms with van der Waals surface area (Å²) in [5.74, 6) is 0.0837. The highest BCUT2D eigenvalue weighted by Crippen LogP contribution is 2.33. The van der Waals surface area contributed by atoms with Crippen LogP contribution in [-0.2, 0) is 0 Å². The molecule has 1 aliphatic rings. The number of anilines is 1. The Morgan fingerprint density at radius 3 is 2.68 bits per heavy atom. The number of aryl methyl sites for hydroxylation is 1. The molecule has 2 heterocycles. The summed E-state index contributed by atoms with van der Waals surface area (Å²) in [7, 11) is 1.62. The quantitative estimate of drug-likeness (QED) is 0.599. The Hall–Kier alpha value is -2.77. The molecule has 0 aliphatic carbocycles. The number of carbonyl (C=O) groups is 1. The smallest absolute Gasteiger partial charge is 0.256 e. The molecule has 9 heteroatoms. The van der Waals surface area contributed by atoms with Gasteiger partial charge in [0.2, 0.25) is 0 Å². The lowest BCUT2D eigenvalue weighted by Gasteiger charge is -2.21. The van der Waals surface area contributed by atoms with Crippen molar-refractivity contribution < 1.29 is 13.9 Å². The number of carbonyl (C=O) groups excluding carboxylic acids is 1. The van der Waals surface area contributed by atoms with Crippen LogP contribution < -0.4 is 15.0 Å². The fourth-order valence-corrected chi connectivity index (χ4v) is 4.30. The first-order valence-corrected chi connectivity index (χ1v) is 10.5. The average Bonchev–Trinajstić information content (AvgIpc) is 3.32. The number of hydrogen-bond donors (Lipinski definition) is 1. The van der Waals surface area contributed by atoms with E-state index in [1.807, 2.05) is 12.1 Å². The van der Waals surface area contributed by atoms with E-state index in [-0.39, 0.29) is 22.9 Å². The lowest BCUT2D eigenvalue weighted by molar-refractivity contribution is 0.0940. The number of ether oxygens (including phenoxy) is 1. The number of benzene rings is 2. The molecule has 162 valence electrons. The fourth-order valence-electron chi connectivity index (χ4n) is 3.78. The summed E-state index contributed by atoms with van der Waals surface area (Å²) in [6.07, 6.45) is 0.768. The van der Waals surface area contributed by atoms with E-state index in [4.69, 9.17) is 27.9 Å². The minimum atomic E-state index is -0.358. The Morgan fingerprint density at radius 1 is 1.23 bits per heavy atom. The molecule has 0 spiro atoms. The molecule has 1 N–H and O–H groups in total. The van der Waals surface area contributed by atoms with Crippen LogP contribution in [0.15, 0.2) is 42.5 Å². The summed E-state index contributed by atoms with van der Waals surface area (Å²) in [5.41, 5.74) is 2.28. The molecular formula is C22H21Cl2FN4O2. The van der Waals surface area contributed by atoms with Crippen LogP contribution >= 0.6 is 23.2 Å². The normalized spacial score (nSPS) is 15.9. The molecule has 31 heavy (non-hydrogen) atoms. The van der Waals surface area contributed by atoms with E-state index < -0.39 is 0 Å². The number of hydrogen-bond acceptors (Lipinski definition) is 4. The minimum Gasteiger partial charge on any atom is -0.495 e. The molecule has 1 fully saturated rings. The van der Waals surface area contributed by atoms with Crippen molar-refractivity contribution in [1.29, 1.82) is 0 Å². The molecule has 0 bridgehead atoms. The summed E-state index contributed by atoms with van der Waals surface area (Å²) < 4.78 is 20.1. The van der Waals surface area contributed by atoms with Gasteiger partial charge in [-0.1, -0.05) is 23.2 Å². The molecular weight excluding hydrogens is 442 g/mol. The van der Waals surface area contributed by atoms with Gasteiger partial charge in [0.1, 0.15) is 16.7 Å². The number of methoxy groups -OCH3 is 1. The summed E-state index contributed by atoms with van der Waals surface area (Å²) in [4.78, 5) is 15.1. The number of aromatic nitrogens is 2. The van der Waals surface area contributed by atoms with Crippen molar-refractivity contribution in [3.05, 3.63) is 69.7 Å². The molecule has 1 saturated heterocycles. The third kappa shape index (κ3) is 4.34. The zero-order chi connectivity index (χ0) is 22.1. The maximum Gasteiger partial charge on any atom is 0.256 e. The lowest BCUT2D eigenvalue weighted by Crippen LogP contribution is -2.37. The summed E-state index contributed by atoms with van der Waals surface area (Å²) in [5, 5.41) is 8.22. The number of amides is 1. The van der Waals surface area contributed by atoms with Gasteiger partial charge in [0.15, 0.2) is 0 Å². The highest BCUT2D eigenvalue weighted by atomic mass is 35.5. The SMILES string of the molecule is COc1ccc(Cl)cc1N1CCC(NC(=O)c2c(C)nn(-c3ccc(F)cc3)c2Cl)C1. The number of nitrogens with one attached hydrogen (secondary N) is 1. The second-order valence-corrected chi connectivity index (χ2v) is 8.16. The third-order valence-corrected chi connectivity index (χ3v) is 5.89. The van der Waals surface area contributed by atoms with E-state index in [1.165, 1.54) is 16.8 Å². The second-order valence-electron chi connectivity index (χ2n) is 7.36. The Bertz CT molecular complexity index is 1120. The van der Waals surface area contributed by atoms with Crippen molar-refractivity contribution in [3.8, 4) is 11.4 Å². The topological polar surface area (TPSA) is 59.4 Å². The first-order chi connectivity index (χ1) is 14.9. The summed E-state index contributed by atoms with van der Waals surface area (Å²) in [6.45, 7) is 3.09. The number of nitrogens with zero attached hydrogens (tertiary/aromatic N) is 3. The van der Waals surface area contributed by atoms with Crippen molar-refractivity contribution in [2.24, 2.45) is 0 Å². The van der Waals surface area contributed by atoms with Gasteiger partial charge in [-0.05, 0) is 55.8 Å². The van der Waals surface area contributed by atoms with Crippen LogP contribution in [0, 0.1) is 12.7 Å². The van der Waals surface area contributed by atoms with Gasteiger partial charge in [-0.2, -0.15) is 5.10 Å². The highest BCUT2D eigenvalue weighted by Gasteiger charge is 2.29. The Labute approximate surface area is 189 Å². The van der Waals surface area contributed by atoms with Crippen LogP contribution in [0.5, 0.6) is 5.75 Å². The maximum atomic E-state index is 13.2. The van der Waals surface area contributed by atoms with Gasteiger partial charge in [0, 0.05) is 24.2 Å². The zero-order valence-electron chi connectivity index (χ0n) is 17.0. The standard InChI is InChI=1S/C22H21Cl2FN4O2/c1-13-20(21(24)29(27-13)17-6-4-15(25)5-7-17)22(30)26-16-9-10-28(12-16)18-11-14(23)3-8-19(18)31-2/h3-8,11,16H,9-10,12H2,1-2H3,(H,26,30). The van der Waals surface area contributed by atoms with Crippen LogP contribution in [0.3, 0.4) is 0 Å². The zero-order valence-corrected chi connectivity index (χ0v) is 18.5. The van der Waals surface area contributed by atoms with E-state index >= 15 is 0 Å². The summed E-state index contributed by atoms with van der Waals surface area (Å²) in [6, 6.07) is 11.2. The predicted molar refractivity (Wildman–Crippen MR) is 119 cm³/mol. The van der Waals surface area contributed by atoms with E-state index in [0.717, 1.165) is 24.4 Å². The van der Waals surface area contributed by atoms with E-state index in [1.54, 1.807) is 32.2 Å². The van der Waals surface area contributed by atoms with Crippen LogP contribution in [0.1, 0.15) is 22.5 Å². The summed E-state index contributed by atoms with van der Waals surface area (Å²) >= 11 is 12.6. The fraction of sp³-hybridized carbons (Fsp3) is 0.273. The van der Waals surface area contributed by atoms with Gasteiger partial charge >= 0.3 is 0 Å². The van der Waals surface area contributed by atoms with Crippen molar-refractivity contribution in [2.75, 3.05) is 25.1 Å². The molecule has 1 unspecified atom stereocenters. The van der Waals surface area contributed by atoms with Crippen molar-refractivity contribution in [3.63, 3.8) is 0 Å². The molecule has 1 aliphatic heterocycles. The molecule has 0 saturated carbocycles. The second kappa shape index (κ2) is 8.77. The van der Waals surface area contributed by atoms with Gasteiger partial charge in [-0.15, -0.1) is 0 Å². The van der Waals surface area contributed by atoms with Gasteiger partial charge < -0.3 is 15.0 Å². The van der Waals surface area contributed by atoms with Crippen molar-refractivity contribution in [2.45, 2.75) is 19.4 Å². The minimum absolute atomic E-state index is 0.0687. The third-order valence-electron chi connectivity index (χ3n) is 5.31. The average molecular weight is 463 g/mol. The molecule has 1 amide bonds. The maximum absolute atomic E-state index is 13.2. The van der Waals surface area contributed by atoms with Gasteiger partial charge in [0.25, 0.3) is 5.91 Å². The highest BCUT2D eigenvalue weighted by molar-refractivity contribution is 6.33. The Morgan fingerprint density at radius 2 is 1.97 bits per heavy atom. The molecule has 4 rings (SSSR count). The first kappa shape index (κ1) is 21.5. The van der Waals surface area contributed by atoms with Gasteiger partial charge in [-0.3, -0.25) is 4.79 Å². The van der Waals surface area contributed by atoms with Crippen LogP contribution in [0.2, 0.25) is 10.2 Å². The molecule has 0 radical (unpaired) electrons. The van der Waals surface area contributed by atoms with Crippen LogP contribution in [-0.4, -0.2) is 41.9 Å². The molecule has 1 aromatic heterocycles. The Balaban J connectivity index is 1.50. The van der Waals surface area contributed by atoms with Crippen LogP contribution in [0.25, 0.3) is 5.69 Å². The van der Waals surface area contributed by atoms with Gasteiger partial charge in [0.05, 0.1) is 29.7 Å². The van der Waals surface area contributed by atoms with Crippen LogP contribution in [0.4, 0.5) is 10.1 Å². The first-order valence-electron chi connectivity index (χ1n) is 9.77. The monoisotopic (exact) mass is 462 g/mol. The molecule has 2 aromatic carbocycles. The largest absolute Gasteiger partial charge is 0.495 e. The van der Waals surface area contributed by atoms with Crippen molar-refractivity contribution >= 4 is 34.8 Å². The van der Waals surface area contributed by atoms with Crippen molar-refractivity contribution in [1.82, 2.24) is 15.1 Å². The lowest BCUT2D eigenvalue weighted by atomic mass is 10.2. The van der Waals surface area contributed by atoms with Gasteiger partial charge in [-0.25, -0.2) is 9.07 Å². The molecule has 1 atom stereocenters. The Kier molecular flexibility index (Phi) is 6.07. The molecule has 6 nitrogen and oxygen atoms in total. The van der Waals surface area contributed by atoms with E-state index in [9.17, 15) is 9.18 Å². The number of rotatable bonds is 5. The predicted octanol–water partition coefficient (Wildman–Crippen LogP) is 4.64. The number of halogens is 3. The molecule has 3 aromatic rings.